The van der Waals surface area contributed by atoms with E-state index in [1.807, 2.05) is 30.6 Å². The number of hydrogen-bond acceptors (Lipinski definition) is 5. The van der Waals surface area contributed by atoms with Gasteiger partial charge in [0.25, 0.3) is 0 Å². The molecule has 0 aliphatic rings. The molecule has 0 bridgehead atoms. The van der Waals surface area contributed by atoms with Gasteiger partial charge in [-0.2, -0.15) is 0 Å². The largest absolute Gasteiger partial charge is 0.365 e. The molecular weight excluding hydrogens is 238 g/mol. The Labute approximate surface area is 101 Å². The fraction of sp³-hybridized carbons (Fsp3) is 0.0909. The average molecular weight is 247 g/mol. The zero-order valence-electron chi connectivity index (χ0n) is 8.60. The molecule has 0 saturated carbocycles. The highest BCUT2D eigenvalue weighted by atomic mass is 32.1. The standard InChI is InChI=1S/C11H9N3S2/c1-12-11-14-8(6-15-11)10-13-7-4-2-3-5-9(7)16-10/h2-6H,1H3,(H,12,14). The summed E-state index contributed by atoms with van der Waals surface area (Å²) in [6.07, 6.45) is 0. The highest BCUT2D eigenvalue weighted by Crippen LogP contribution is 2.31. The molecule has 1 aromatic carbocycles. The van der Waals surface area contributed by atoms with Gasteiger partial charge in [0.05, 0.1) is 10.2 Å². The van der Waals surface area contributed by atoms with Crippen molar-refractivity contribution < 1.29 is 0 Å². The second-order valence-corrected chi connectivity index (χ2v) is 5.16. The van der Waals surface area contributed by atoms with E-state index < -0.39 is 0 Å². The van der Waals surface area contributed by atoms with Crippen LogP contribution in [-0.2, 0) is 0 Å². The van der Waals surface area contributed by atoms with E-state index in [0.717, 1.165) is 21.3 Å². The lowest BCUT2D eigenvalue weighted by Gasteiger charge is -1.88. The van der Waals surface area contributed by atoms with Crippen LogP contribution >= 0.6 is 22.7 Å². The van der Waals surface area contributed by atoms with E-state index in [1.165, 1.54) is 4.70 Å². The Hall–Kier alpha value is -1.46. The molecule has 3 aromatic rings. The summed E-state index contributed by atoms with van der Waals surface area (Å²) in [5, 5.41) is 6.98. The molecule has 0 saturated heterocycles. The summed E-state index contributed by atoms with van der Waals surface area (Å²) in [7, 11) is 1.88. The zero-order valence-corrected chi connectivity index (χ0v) is 10.2. The van der Waals surface area contributed by atoms with Gasteiger partial charge in [-0.3, -0.25) is 0 Å². The molecule has 0 radical (unpaired) electrons. The number of thiazole rings is 2. The van der Waals surface area contributed by atoms with Crippen molar-refractivity contribution in [3.05, 3.63) is 29.6 Å². The van der Waals surface area contributed by atoms with Crippen molar-refractivity contribution in [2.45, 2.75) is 0 Å². The number of benzene rings is 1. The van der Waals surface area contributed by atoms with Crippen LogP contribution < -0.4 is 5.32 Å². The Balaban J connectivity index is 2.11. The Kier molecular flexibility index (Phi) is 2.34. The fourth-order valence-corrected chi connectivity index (χ4v) is 3.13. The van der Waals surface area contributed by atoms with Crippen LogP contribution in [0.15, 0.2) is 29.6 Å². The van der Waals surface area contributed by atoms with Crippen LogP contribution in [0.3, 0.4) is 0 Å². The number of para-hydroxylation sites is 1. The van der Waals surface area contributed by atoms with E-state index in [2.05, 4.69) is 21.4 Å². The van der Waals surface area contributed by atoms with Gasteiger partial charge in [0.2, 0.25) is 0 Å². The van der Waals surface area contributed by atoms with Crippen molar-refractivity contribution in [2.75, 3.05) is 12.4 Å². The smallest absolute Gasteiger partial charge is 0.183 e. The summed E-state index contributed by atoms with van der Waals surface area (Å²) in [5.41, 5.74) is 2.00. The minimum absolute atomic E-state index is 0.925. The Morgan fingerprint density at radius 2 is 2.06 bits per heavy atom. The molecule has 3 rings (SSSR count). The Morgan fingerprint density at radius 3 is 2.81 bits per heavy atom. The van der Waals surface area contributed by atoms with Gasteiger partial charge in [-0.15, -0.1) is 22.7 Å². The number of fused-ring (bicyclic) bond motifs is 1. The fourth-order valence-electron chi connectivity index (χ4n) is 1.47. The maximum Gasteiger partial charge on any atom is 0.183 e. The van der Waals surface area contributed by atoms with E-state index in [0.29, 0.717) is 0 Å². The van der Waals surface area contributed by atoms with Crippen LogP contribution in [0.4, 0.5) is 5.13 Å². The first-order chi connectivity index (χ1) is 7.86. The molecule has 80 valence electrons. The predicted octanol–water partition coefficient (Wildman–Crippen LogP) is 3.46. The maximum absolute atomic E-state index is 4.57. The molecule has 0 amide bonds. The third-order valence-corrected chi connectivity index (χ3v) is 4.15. The van der Waals surface area contributed by atoms with E-state index >= 15 is 0 Å². The number of rotatable bonds is 2. The first kappa shape index (κ1) is 9.74. The van der Waals surface area contributed by atoms with Gasteiger partial charge in [0, 0.05) is 12.4 Å². The number of anilines is 1. The molecule has 3 nitrogen and oxygen atoms in total. The lowest BCUT2D eigenvalue weighted by atomic mass is 10.3. The topological polar surface area (TPSA) is 37.8 Å². The summed E-state index contributed by atoms with van der Waals surface area (Å²) in [6, 6.07) is 8.15. The van der Waals surface area contributed by atoms with E-state index in [9.17, 15) is 0 Å². The summed E-state index contributed by atoms with van der Waals surface area (Å²) in [4.78, 5) is 9.02. The second-order valence-electron chi connectivity index (χ2n) is 3.27. The number of nitrogens with zero attached hydrogens (tertiary/aromatic N) is 2. The van der Waals surface area contributed by atoms with Gasteiger partial charge in [0.15, 0.2) is 5.13 Å². The normalized spacial score (nSPS) is 10.8. The number of nitrogens with one attached hydrogen (secondary N) is 1. The Morgan fingerprint density at radius 1 is 1.19 bits per heavy atom. The SMILES string of the molecule is CNc1nc(-c2nc3ccccc3s2)cs1. The second kappa shape index (κ2) is 3.84. The third kappa shape index (κ3) is 1.58. The van der Waals surface area contributed by atoms with Crippen LogP contribution in [0.2, 0.25) is 0 Å². The first-order valence-corrected chi connectivity index (χ1v) is 6.55. The van der Waals surface area contributed by atoms with Crippen LogP contribution in [0.5, 0.6) is 0 Å². The third-order valence-electron chi connectivity index (χ3n) is 2.23. The zero-order chi connectivity index (χ0) is 11.0. The average Bonchev–Trinajstić information content (AvgIpc) is 2.95. The van der Waals surface area contributed by atoms with E-state index in [-0.39, 0.29) is 0 Å². The van der Waals surface area contributed by atoms with Gasteiger partial charge in [-0.05, 0) is 12.1 Å². The summed E-state index contributed by atoms with van der Waals surface area (Å²) in [5.74, 6) is 0. The summed E-state index contributed by atoms with van der Waals surface area (Å²) in [6.45, 7) is 0. The van der Waals surface area contributed by atoms with Crippen LogP contribution in [0.25, 0.3) is 20.9 Å². The number of hydrogen-bond donors (Lipinski definition) is 1. The van der Waals surface area contributed by atoms with Crippen molar-refractivity contribution in [3.8, 4) is 10.7 Å². The molecule has 1 N–H and O–H groups in total. The quantitative estimate of drug-likeness (QED) is 0.753. The molecule has 16 heavy (non-hydrogen) atoms. The van der Waals surface area contributed by atoms with Crippen molar-refractivity contribution in [1.29, 1.82) is 0 Å². The summed E-state index contributed by atoms with van der Waals surface area (Å²) >= 11 is 3.28. The van der Waals surface area contributed by atoms with Gasteiger partial charge in [-0.1, -0.05) is 12.1 Å². The lowest BCUT2D eigenvalue weighted by molar-refractivity contribution is 1.34. The highest BCUT2D eigenvalue weighted by Gasteiger charge is 2.08. The van der Waals surface area contributed by atoms with Crippen molar-refractivity contribution in [2.24, 2.45) is 0 Å². The van der Waals surface area contributed by atoms with Gasteiger partial charge in [0.1, 0.15) is 10.7 Å². The van der Waals surface area contributed by atoms with Crippen molar-refractivity contribution >= 4 is 38.0 Å². The van der Waals surface area contributed by atoms with Gasteiger partial charge in [-0.25, -0.2) is 9.97 Å². The predicted molar refractivity (Wildman–Crippen MR) is 70.3 cm³/mol. The maximum atomic E-state index is 4.57. The van der Waals surface area contributed by atoms with Crippen LogP contribution in [0.1, 0.15) is 0 Å². The Bertz CT molecular complexity index is 594. The van der Waals surface area contributed by atoms with Gasteiger partial charge < -0.3 is 5.32 Å². The monoisotopic (exact) mass is 247 g/mol. The molecule has 2 aromatic heterocycles. The van der Waals surface area contributed by atoms with Crippen molar-refractivity contribution in [1.82, 2.24) is 9.97 Å². The van der Waals surface area contributed by atoms with E-state index in [1.54, 1.807) is 22.7 Å². The molecule has 0 aliphatic heterocycles. The summed E-state index contributed by atoms with van der Waals surface area (Å²) < 4.78 is 1.21. The lowest BCUT2D eigenvalue weighted by Crippen LogP contribution is -1.85. The number of aromatic nitrogens is 2. The minimum Gasteiger partial charge on any atom is -0.365 e. The molecule has 0 atom stereocenters. The molecule has 0 fully saturated rings. The molecule has 2 heterocycles. The molecule has 0 unspecified atom stereocenters. The molecule has 0 aliphatic carbocycles. The molecule has 5 heteroatoms. The van der Waals surface area contributed by atoms with E-state index in [4.69, 9.17) is 0 Å². The van der Waals surface area contributed by atoms with Crippen LogP contribution in [-0.4, -0.2) is 17.0 Å². The molecule has 0 spiro atoms. The molecular formula is C11H9N3S2. The van der Waals surface area contributed by atoms with Crippen molar-refractivity contribution in [3.63, 3.8) is 0 Å². The van der Waals surface area contributed by atoms with Gasteiger partial charge >= 0.3 is 0 Å². The minimum atomic E-state index is 0.925. The first-order valence-electron chi connectivity index (χ1n) is 4.86. The highest BCUT2D eigenvalue weighted by molar-refractivity contribution is 7.22. The van der Waals surface area contributed by atoms with Crippen LogP contribution in [0, 0.1) is 0 Å².